The van der Waals surface area contributed by atoms with E-state index in [0.717, 1.165) is 33.5 Å². The second kappa shape index (κ2) is 10.5. The van der Waals surface area contributed by atoms with Crippen LogP contribution in [-0.2, 0) is 0 Å². The summed E-state index contributed by atoms with van der Waals surface area (Å²) in [6, 6.07) is 32.5. The van der Waals surface area contributed by atoms with Crippen LogP contribution in [0.5, 0.6) is 5.75 Å². The maximum Gasteiger partial charge on any atom is 0.272 e. The van der Waals surface area contributed by atoms with E-state index in [1.165, 1.54) is 0 Å². The van der Waals surface area contributed by atoms with Gasteiger partial charge in [0.05, 0.1) is 12.8 Å². The van der Waals surface area contributed by atoms with Crippen molar-refractivity contribution in [2.24, 2.45) is 0 Å². The molecule has 2 aromatic heterocycles. The third-order valence-corrected chi connectivity index (χ3v) is 6.60. The number of nitrogens with one attached hydrogen (secondary N) is 1. The highest BCUT2D eigenvalue weighted by Gasteiger charge is 2.20. The first-order valence-electron chi connectivity index (χ1n) is 12.8. The smallest absolute Gasteiger partial charge is 0.272 e. The zero-order valence-electron chi connectivity index (χ0n) is 22.3. The molecular weight excluding hydrogens is 502 g/mol. The van der Waals surface area contributed by atoms with Gasteiger partial charge in [-0.3, -0.25) is 4.79 Å². The molecule has 9 nitrogen and oxygen atoms in total. The number of ether oxygens (including phenoxy) is 1. The van der Waals surface area contributed by atoms with Gasteiger partial charge in [-0.25, -0.2) is 10.0 Å². The van der Waals surface area contributed by atoms with Crippen LogP contribution >= 0.6 is 0 Å². The summed E-state index contributed by atoms with van der Waals surface area (Å²) in [5, 5.41) is 22.5. The zero-order valence-corrected chi connectivity index (χ0v) is 22.3. The Kier molecular flexibility index (Phi) is 6.55. The summed E-state index contributed by atoms with van der Waals surface area (Å²) in [6.45, 7) is 0. The van der Waals surface area contributed by atoms with Gasteiger partial charge in [-0.15, -0.1) is 15.3 Å². The van der Waals surface area contributed by atoms with E-state index in [1.54, 1.807) is 21.6 Å². The molecule has 0 bridgehead atoms. The average Bonchev–Trinajstić information content (AvgIpc) is 3.42. The Balaban J connectivity index is 1.36. The van der Waals surface area contributed by atoms with Gasteiger partial charge in [0.2, 0.25) is 0 Å². The van der Waals surface area contributed by atoms with Crippen molar-refractivity contribution in [3.8, 4) is 17.1 Å². The van der Waals surface area contributed by atoms with Crippen molar-refractivity contribution < 1.29 is 9.53 Å². The Hall–Kier alpha value is -5.28. The van der Waals surface area contributed by atoms with Crippen molar-refractivity contribution in [2.45, 2.75) is 0 Å². The predicted molar refractivity (Wildman–Crippen MR) is 157 cm³/mol. The van der Waals surface area contributed by atoms with Gasteiger partial charge in [-0.2, -0.15) is 4.52 Å². The van der Waals surface area contributed by atoms with E-state index in [1.807, 2.05) is 117 Å². The molecule has 1 amide bonds. The van der Waals surface area contributed by atoms with Gasteiger partial charge in [0.15, 0.2) is 17.3 Å². The predicted octanol–water partition coefficient (Wildman–Crippen LogP) is 5.82. The van der Waals surface area contributed by atoms with Crippen LogP contribution < -0.4 is 15.1 Å². The highest BCUT2D eigenvalue weighted by Crippen LogP contribution is 2.30. The molecule has 6 aromatic rings. The van der Waals surface area contributed by atoms with Crippen LogP contribution in [0.1, 0.15) is 10.4 Å². The number of aromatic nitrogens is 4. The summed E-state index contributed by atoms with van der Waals surface area (Å²) in [5.74, 6) is 1.95. The molecule has 6 rings (SSSR count). The van der Waals surface area contributed by atoms with Gasteiger partial charge in [-0.05, 0) is 60.7 Å². The average molecular weight is 530 g/mol. The van der Waals surface area contributed by atoms with Gasteiger partial charge in [0, 0.05) is 41.7 Å². The molecule has 0 unspecified atom stereocenters. The van der Waals surface area contributed by atoms with E-state index in [2.05, 4.69) is 15.5 Å². The molecule has 0 radical (unpaired) electrons. The molecule has 4 aromatic carbocycles. The molecule has 0 fully saturated rings. The van der Waals surface area contributed by atoms with Gasteiger partial charge in [0.25, 0.3) is 5.91 Å². The molecular formula is C31H27N7O2. The van der Waals surface area contributed by atoms with Crippen LogP contribution in [0, 0.1) is 0 Å². The number of nitrogens with zero attached hydrogens (tertiary/aromatic N) is 6. The minimum atomic E-state index is -0.108. The number of amides is 1. The fourth-order valence-corrected chi connectivity index (χ4v) is 4.65. The second-order valence-electron chi connectivity index (χ2n) is 9.38. The summed E-state index contributed by atoms with van der Waals surface area (Å²) in [5.41, 5.74) is 3.73. The molecule has 198 valence electrons. The molecule has 9 heteroatoms. The van der Waals surface area contributed by atoms with E-state index >= 15 is 0 Å². The number of hydrogen-bond donors (Lipinski definition) is 1. The van der Waals surface area contributed by atoms with Crippen LogP contribution in [0.4, 0.5) is 17.2 Å². The number of carbonyl (C=O) groups is 1. The Morgan fingerprint density at radius 1 is 0.800 bits per heavy atom. The van der Waals surface area contributed by atoms with Crippen LogP contribution in [0.15, 0.2) is 103 Å². The van der Waals surface area contributed by atoms with E-state index in [0.29, 0.717) is 22.9 Å². The quantitative estimate of drug-likeness (QED) is 0.261. The Labute approximate surface area is 231 Å². The van der Waals surface area contributed by atoms with E-state index in [9.17, 15) is 4.79 Å². The van der Waals surface area contributed by atoms with Crippen LogP contribution in [0.2, 0.25) is 0 Å². The number of anilines is 3. The molecule has 0 aliphatic rings. The van der Waals surface area contributed by atoms with E-state index in [-0.39, 0.29) is 5.91 Å². The second-order valence-corrected chi connectivity index (χ2v) is 9.38. The molecule has 0 saturated heterocycles. The first-order chi connectivity index (χ1) is 19.5. The van der Waals surface area contributed by atoms with Crippen molar-refractivity contribution in [3.63, 3.8) is 0 Å². The molecule has 0 atom stereocenters. The Bertz CT molecular complexity index is 1800. The lowest BCUT2D eigenvalue weighted by Gasteiger charge is -2.29. The van der Waals surface area contributed by atoms with Crippen molar-refractivity contribution >= 4 is 39.5 Å². The van der Waals surface area contributed by atoms with Crippen molar-refractivity contribution in [1.29, 1.82) is 0 Å². The monoisotopic (exact) mass is 529 g/mol. The zero-order chi connectivity index (χ0) is 27.6. The lowest BCUT2D eigenvalue weighted by Crippen LogP contribution is -2.42. The minimum absolute atomic E-state index is 0.108. The van der Waals surface area contributed by atoms with Gasteiger partial charge in [0.1, 0.15) is 5.75 Å². The third-order valence-electron chi connectivity index (χ3n) is 6.60. The highest BCUT2D eigenvalue weighted by atomic mass is 16.5. The highest BCUT2D eigenvalue weighted by molar-refractivity contribution is 6.05. The van der Waals surface area contributed by atoms with Gasteiger partial charge >= 0.3 is 0 Å². The molecule has 2 heterocycles. The van der Waals surface area contributed by atoms with Crippen molar-refractivity contribution in [2.75, 3.05) is 31.5 Å². The van der Waals surface area contributed by atoms with Gasteiger partial charge < -0.3 is 10.1 Å². The molecule has 1 N–H and O–H groups in total. The third kappa shape index (κ3) is 4.59. The lowest BCUT2D eigenvalue weighted by atomic mass is 10.1. The number of hydrazine groups is 1. The summed E-state index contributed by atoms with van der Waals surface area (Å²) in [7, 11) is 5.33. The number of carbonyl (C=O) groups excluding carboxylic acids is 1. The first kappa shape index (κ1) is 25.0. The maximum absolute atomic E-state index is 13.2. The Morgan fingerprint density at radius 2 is 1.48 bits per heavy atom. The van der Waals surface area contributed by atoms with Crippen LogP contribution in [0.3, 0.4) is 0 Å². The number of rotatable bonds is 7. The van der Waals surface area contributed by atoms with Gasteiger partial charge in [-0.1, -0.05) is 42.5 Å². The van der Waals surface area contributed by atoms with E-state index in [4.69, 9.17) is 9.84 Å². The fourth-order valence-electron chi connectivity index (χ4n) is 4.65. The standard InChI is InChI=1S/C31H27N7O2/c1-36(2)38(31(39)22-9-5-4-6-10-22)24-17-15-23(16-18-24)32-28-26-11-7-8-12-27(26)30-34-33-29(37(30)35-28)21-13-19-25(40-3)20-14-21/h4-20H,1-3H3,(H,32,35). The number of benzene rings is 4. The number of hydrogen-bond acceptors (Lipinski definition) is 7. The van der Waals surface area contributed by atoms with Crippen LogP contribution in [0.25, 0.3) is 27.8 Å². The molecule has 0 spiro atoms. The molecule has 0 saturated carbocycles. The minimum Gasteiger partial charge on any atom is -0.497 e. The summed E-state index contributed by atoms with van der Waals surface area (Å²) >= 11 is 0. The van der Waals surface area contributed by atoms with Crippen molar-refractivity contribution in [1.82, 2.24) is 24.8 Å². The summed E-state index contributed by atoms with van der Waals surface area (Å²) in [6.07, 6.45) is 0. The number of methoxy groups -OCH3 is 1. The summed E-state index contributed by atoms with van der Waals surface area (Å²) in [4.78, 5) is 13.2. The number of fused-ring (bicyclic) bond motifs is 3. The normalized spacial score (nSPS) is 11.2. The largest absolute Gasteiger partial charge is 0.497 e. The topological polar surface area (TPSA) is 87.9 Å². The molecule has 0 aliphatic heterocycles. The fraction of sp³-hybridized carbons (Fsp3) is 0.0968. The SMILES string of the molecule is COc1ccc(-c2nnc3c4ccccc4c(Nc4ccc(N(C(=O)c5ccccc5)N(C)C)cc4)nn23)cc1. The van der Waals surface area contributed by atoms with E-state index < -0.39 is 0 Å². The molecule has 40 heavy (non-hydrogen) atoms. The molecule has 0 aliphatic carbocycles. The lowest BCUT2D eigenvalue weighted by molar-refractivity contribution is 0.0930. The summed E-state index contributed by atoms with van der Waals surface area (Å²) < 4.78 is 7.05. The Morgan fingerprint density at radius 3 is 2.15 bits per heavy atom. The maximum atomic E-state index is 13.2. The van der Waals surface area contributed by atoms with Crippen molar-refractivity contribution in [3.05, 3.63) is 109 Å². The van der Waals surface area contributed by atoms with Crippen LogP contribution in [-0.4, -0.2) is 51.9 Å². The first-order valence-corrected chi connectivity index (χ1v) is 12.8.